The Bertz CT molecular complexity index is 915. The first-order chi connectivity index (χ1) is 12.3. The summed E-state index contributed by atoms with van der Waals surface area (Å²) in [6.45, 7) is 11.9. The second-order valence-electron chi connectivity index (χ2n) is 9.91. The Morgan fingerprint density at radius 2 is 1.77 bits per heavy atom. The smallest absolute Gasteiger partial charge is 0.00903 e. The second kappa shape index (κ2) is 6.25. The molecule has 0 saturated heterocycles. The Labute approximate surface area is 159 Å². The molecular weight excluding hydrogens is 312 g/mol. The molecule has 0 aromatic heterocycles. The van der Waals surface area contributed by atoms with Crippen LogP contribution in [0.25, 0.3) is 11.6 Å². The lowest BCUT2D eigenvalue weighted by molar-refractivity contribution is 0.420. The van der Waals surface area contributed by atoms with Crippen LogP contribution in [0.4, 0.5) is 0 Å². The summed E-state index contributed by atoms with van der Waals surface area (Å²) < 4.78 is 0. The third-order valence-electron chi connectivity index (χ3n) is 6.62. The summed E-state index contributed by atoms with van der Waals surface area (Å²) >= 11 is 0. The molecule has 0 amide bonds. The summed E-state index contributed by atoms with van der Waals surface area (Å²) in [6.07, 6.45) is 13.9. The van der Waals surface area contributed by atoms with Crippen LogP contribution in [-0.2, 0) is 6.42 Å². The highest BCUT2D eigenvalue weighted by molar-refractivity contribution is 5.82. The van der Waals surface area contributed by atoms with Crippen molar-refractivity contribution < 1.29 is 0 Å². The van der Waals surface area contributed by atoms with E-state index in [4.69, 9.17) is 0 Å². The Morgan fingerprint density at radius 1 is 0.962 bits per heavy atom. The maximum atomic E-state index is 2.57. The van der Waals surface area contributed by atoms with Crippen LogP contribution in [0.1, 0.15) is 78.7 Å². The van der Waals surface area contributed by atoms with Crippen molar-refractivity contribution in [3.8, 4) is 0 Å². The van der Waals surface area contributed by atoms with Crippen molar-refractivity contribution in [2.45, 2.75) is 79.6 Å². The highest BCUT2D eigenvalue weighted by Gasteiger charge is 2.38. The third kappa shape index (κ3) is 3.02. The van der Waals surface area contributed by atoms with E-state index in [9.17, 15) is 0 Å². The number of hydrogen-bond acceptors (Lipinski definition) is 0. The summed E-state index contributed by atoms with van der Waals surface area (Å²) in [5.74, 6) is 0. The van der Waals surface area contributed by atoms with Gasteiger partial charge < -0.3 is 0 Å². The van der Waals surface area contributed by atoms with E-state index in [0.717, 1.165) is 6.42 Å². The van der Waals surface area contributed by atoms with Gasteiger partial charge >= 0.3 is 0 Å². The molecule has 0 spiro atoms. The normalized spacial score (nSPS) is 22.3. The van der Waals surface area contributed by atoms with Gasteiger partial charge in [0, 0.05) is 5.41 Å². The van der Waals surface area contributed by atoms with E-state index in [1.165, 1.54) is 54.5 Å². The number of unbranched alkanes of at least 4 members (excludes halogenated alkanes) is 2. The quantitative estimate of drug-likeness (QED) is 0.601. The molecule has 0 atom stereocenters. The fourth-order valence-electron chi connectivity index (χ4n) is 5.34. The molecular formula is C26H34. The summed E-state index contributed by atoms with van der Waals surface area (Å²) in [6, 6.07) is 7.26. The van der Waals surface area contributed by atoms with Crippen LogP contribution in [0.3, 0.4) is 0 Å². The minimum absolute atomic E-state index is 0.151. The lowest BCUT2D eigenvalue weighted by Crippen LogP contribution is -2.36. The van der Waals surface area contributed by atoms with Gasteiger partial charge in [0.2, 0.25) is 0 Å². The predicted octanol–water partition coefficient (Wildman–Crippen LogP) is 5.84. The van der Waals surface area contributed by atoms with E-state index in [2.05, 4.69) is 65.0 Å². The van der Waals surface area contributed by atoms with E-state index >= 15 is 0 Å². The topological polar surface area (TPSA) is 0 Å². The van der Waals surface area contributed by atoms with Gasteiger partial charge in [-0.05, 0) is 75.8 Å². The average Bonchev–Trinajstić information content (AvgIpc) is 2.94. The molecule has 3 aliphatic rings. The highest BCUT2D eigenvalue weighted by Crippen LogP contribution is 2.52. The molecule has 0 nitrogen and oxygen atoms in total. The molecule has 0 radical (unpaired) electrons. The first-order valence-electron chi connectivity index (χ1n) is 10.6. The zero-order chi connectivity index (χ0) is 18.5. The Hall–Kier alpha value is -1.56. The number of aryl methyl sites for hydroxylation is 1. The van der Waals surface area contributed by atoms with Gasteiger partial charge in [0.25, 0.3) is 0 Å². The standard InChI is InChI=1S/C26H34/c1-6-7-8-9-18-10-11-19-17-26(4,5)24-21-12-13-25(2,3)16-20(21)15-23(24)22(19)14-18/h10-11,14,16-17H,6-9,12-13,15H2,1-5H3. The number of benzene rings is 1. The molecule has 0 bridgehead atoms. The molecule has 1 aromatic rings. The van der Waals surface area contributed by atoms with Crippen LogP contribution < -0.4 is 10.4 Å². The van der Waals surface area contributed by atoms with Gasteiger partial charge in [-0.25, -0.2) is 0 Å². The van der Waals surface area contributed by atoms with Crippen molar-refractivity contribution in [2.24, 2.45) is 10.8 Å². The van der Waals surface area contributed by atoms with E-state index in [0.29, 0.717) is 5.41 Å². The van der Waals surface area contributed by atoms with E-state index in [1.807, 2.05) is 0 Å². The first-order valence-corrected chi connectivity index (χ1v) is 10.6. The zero-order valence-corrected chi connectivity index (χ0v) is 17.3. The largest absolute Gasteiger partial charge is 0.0750 e. The Kier molecular flexibility index (Phi) is 4.29. The molecule has 0 heterocycles. The SMILES string of the molecule is CCCCCc1ccc2c(c1)=C1CC3=CC(C)(C)CCC3=C1C(C)(C)C=2. The molecule has 0 fully saturated rings. The monoisotopic (exact) mass is 346 g/mol. The molecule has 0 saturated carbocycles. The lowest BCUT2D eigenvalue weighted by Gasteiger charge is -2.31. The van der Waals surface area contributed by atoms with Gasteiger partial charge in [-0.2, -0.15) is 0 Å². The van der Waals surface area contributed by atoms with E-state index in [1.54, 1.807) is 22.3 Å². The molecule has 1 aromatic carbocycles. The van der Waals surface area contributed by atoms with Crippen molar-refractivity contribution in [1.29, 1.82) is 0 Å². The maximum Gasteiger partial charge on any atom is 0.00903 e. The highest BCUT2D eigenvalue weighted by atomic mass is 14.4. The van der Waals surface area contributed by atoms with Gasteiger partial charge in [0.05, 0.1) is 0 Å². The molecule has 138 valence electrons. The summed E-state index contributed by atoms with van der Waals surface area (Å²) in [5.41, 5.74) is 8.59. The minimum atomic E-state index is 0.151. The second-order valence-corrected chi connectivity index (χ2v) is 9.91. The first kappa shape index (κ1) is 17.8. The maximum absolute atomic E-state index is 2.57. The molecule has 0 unspecified atom stereocenters. The Morgan fingerprint density at radius 3 is 2.54 bits per heavy atom. The zero-order valence-electron chi connectivity index (χ0n) is 17.3. The number of fused-ring (bicyclic) bond motifs is 3. The van der Waals surface area contributed by atoms with Crippen LogP contribution in [0.15, 0.2) is 41.0 Å². The summed E-state index contributed by atoms with van der Waals surface area (Å²) in [5, 5.41) is 2.97. The molecule has 3 aliphatic carbocycles. The molecule has 0 heteroatoms. The van der Waals surface area contributed by atoms with Crippen molar-refractivity contribution in [1.82, 2.24) is 0 Å². The van der Waals surface area contributed by atoms with E-state index < -0.39 is 0 Å². The number of hydrogen-bond donors (Lipinski definition) is 0. The van der Waals surface area contributed by atoms with Crippen LogP contribution in [0, 0.1) is 10.8 Å². The van der Waals surface area contributed by atoms with Crippen molar-refractivity contribution in [3.05, 3.63) is 57.0 Å². The average molecular weight is 347 g/mol. The molecule has 4 rings (SSSR count). The van der Waals surface area contributed by atoms with E-state index in [-0.39, 0.29) is 5.41 Å². The van der Waals surface area contributed by atoms with Crippen LogP contribution in [0.5, 0.6) is 0 Å². The Balaban J connectivity index is 1.87. The van der Waals surface area contributed by atoms with Crippen LogP contribution >= 0.6 is 0 Å². The molecule has 26 heavy (non-hydrogen) atoms. The fraction of sp³-hybridized carbons (Fsp3) is 0.538. The van der Waals surface area contributed by atoms with Crippen molar-refractivity contribution >= 4 is 11.6 Å². The van der Waals surface area contributed by atoms with Crippen LogP contribution in [-0.4, -0.2) is 0 Å². The summed E-state index contributed by atoms with van der Waals surface area (Å²) in [7, 11) is 0. The van der Waals surface area contributed by atoms with Gasteiger partial charge in [-0.3, -0.25) is 0 Å². The van der Waals surface area contributed by atoms with Gasteiger partial charge in [0.15, 0.2) is 0 Å². The molecule has 0 N–H and O–H groups in total. The molecule has 0 aliphatic heterocycles. The third-order valence-corrected chi connectivity index (χ3v) is 6.62. The van der Waals surface area contributed by atoms with Crippen molar-refractivity contribution in [2.75, 3.05) is 0 Å². The van der Waals surface area contributed by atoms with Gasteiger partial charge in [0.1, 0.15) is 0 Å². The number of allylic oxidation sites excluding steroid dienone is 4. The van der Waals surface area contributed by atoms with Gasteiger partial charge in [-0.1, -0.05) is 77.8 Å². The minimum Gasteiger partial charge on any atom is -0.0750 e. The lowest BCUT2D eigenvalue weighted by atomic mass is 9.73. The number of rotatable bonds is 4. The summed E-state index contributed by atoms with van der Waals surface area (Å²) in [4.78, 5) is 0. The fourth-order valence-corrected chi connectivity index (χ4v) is 5.34. The van der Waals surface area contributed by atoms with Crippen LogP contribution in [0.2, 0.25) is 0 Å². The predicted molar refractivity (Wildman–Crippen MR) is 113 cm³/mol. The van der Waals surface area contributed by atoms with Crippen molar-refractivity contribution in [3.63, 3.8) is 0 Å². The van der Waals surface area contributed by atoms with Gasteiger partial charge in [-0.15, -0.1) is 0 Å².